The molecule has 0 N–H and O–H groups in total. The molecule has 0 unspecified atom stereocenters. The molecule has 3 aromatic heterocycles. The van der Waals surface area contributed by atoms with Crippen LogP contribution in [0.3, 0.4) is 0 Å². The van der Waals surface area contributed by atoms with E-state index in [0.717, 1.165) is 21.6 Å². The van der Waals surface area contributed by atoms with Crippen LogP contribution in [0, 0.1) is 0 Å². The second-order valence-corrected chi connectivity index (χ2v) is 5.79. The molecule has 0 aliphatic carbocycles. The quantitative estimate of drug-likeness (QED) is 0.546. The van der Waals surface area contributed by atoms with Crippen molar-refractivity contribution in [3.63, 3.8) is 0 Å². The second kappa shape index (κ2) is 4.53. The van der Waals surface area contributed by atoms with Gasteiger partial charge in [0.25, 0.3) is 0 Å². The van der Waals surface area contributed by atoms with E-state index in [0.29, 0.717) is 5.69 Å². The summed E-state index contributed by atoms with van der Waals surface area (Å²) in [6.07, 6.45) is 4.11. The molecule has 5 nitrogen and oxygen atoms in total. The normalized spacial score (nSPS) is 11.5. The molecule has 0 bridgehead atoms. The summed E-state index contributed by atoms with van der Waals surface area (Å²) in [4.78, 5) is 17.9. The van der Waals surface area contributed by atoms with Gasteiger partial charge in [-0.25, -0.2) is 4.98 Å². The Labute approximate surface area is 124 Å². The Kier molecular flexibility index (Phi) is 2.65. The summed E-state index contributed by atoms with van der Waals surface area (Å²) in [5, 5.41) is 7.23. The van der Waals surface area contributed by atoms with Crippen LogP contribution in [0.4, 0.5) is 0 Å². The van der Waals surface area contributed by atoms with Crippen LogP contribution in [0.2, 0.25) is 0 Å². The average Bonchev–Trinajstić information content (AvgIpc) is 3.13. The van der Waals surface area contributed by atoms with Crippen LogP contribution in [0.5, 0.6) is 0 Å². The summed E-state index contributed by atoms with van der Waals surface area (Å²) in [6, 6.07) is 7.77. The number of hydrogen-bond donors (Lipinski definition) is 0. The Morgan fingerprint density at radius 3 is 3.05 bits per heavy atom. The first-order valence-electron chi connectivity index (χ1n) is 6.58. The minimum atomic E-state index is -0.00227. The lowest BCUT2D eigenvalue weighted by Crippen LogP contribution is -2.06. The molecule has 0 fully saturated rings. The Hall–Kier alpha value is -2.47. The van der Waals surface area contributed by atoms with Gasteiger partial charge in [0.2, 0.25) is 0 Å². The molecular formula is C15H12N4OS. The molecule has 1 aromatic carbocycles. The predicted octanol–water partition coefficient (Wildman–Crippen LogP) is 2.71. The first-order valence-corrected chi connectivity index (χ1v) is 7.46. The van der Waals surface area contributed by atoms with Gasteiger partial charge in [-0.2, -0.15) is 5.10 Å². The van der Waals surface area contributed by atoms with Crippen LogP contribution in [0.1, 0.15) is 16.2 Å². The molecule has 6 heteroatoms. The van der Waals surface area contributed by atoms with Crippen LogP contribution < -0.4 is 0 Å². The number of ketones is 1. The highest BCUT2D eigenvalue weighted by molar-refractivity contribution is 7.15. The number of thiazole rings is 1. The van der Waals surface area contributed by atoms with E-state index in [-0.39, 0.29) is 12.2 Å². The lowest BCUT2D eigenvalue weighted by molar-refractivity contribution is 0.0988. The van der Waals surface area contributed by atoms with E-state index in [4.69, 9.17) is 0 Å². The highest BCUT2D eigenvalue weighted by Gasteiger charge is 2.17. The van der Waals surface area contributed by atoms with Gasteiger partial charge < -0.3 is 0 Å². The number of rotatable bonds is 3. The molecule has 4 rings (SSSR count). The van der Waals surface area contributed by atoms with E-state index < -0.39 is 0 Å². The summed E-state index contributed by atoms with van der Waals surface area (Å²) in [7, 11) is 1.85. The molecule has 4 aromatic rings. The third kappa shape index (κ3) is 1.95. The monoisotopic (exact) mass is 296 g/mol. The molecule has 0 saturated heterocycles. The minimum Gasteiger partial charge on any atom is -0.297 e. The van der Waals surface area contributed by atoms with E-state index >= 15 is 0 Å². The molecule has 21 heavy (non-hydrogen) atoms. The molecule has 0 radical (unpaired) electrons. The zero-order valence-electron chi connectivity index (χ0n) is 11.4. The minimum absolute atomic E-state index is 0.00227. The van der Waals surface area contributed by atoms with Crippen molar-refractivity contribution in [2.75, 3.05) is 0 Å². The average molecular weight is 296 g/mol. The lowest BCUT2D eigenvalue weighted by atomic mass is 10.1. The van der Waals surface area contributed by atoms with E-state index in [2.05, 4.69) is 10.1 Å². The standard InChI is InChI=1S/C15H12N4OS/c1-18-12-5-3-2-4-11(12)14(17-18)13(20)8-10-9-19-6-7-21-15(19)16-10/h2-7,9H,8H2,1H3. The zero-order valence-corrected chi connectivity index (χ0v) is 12.2. The van der Waals surface area contributed by atoms with Crippen molar-refractivity contribution in [3.05, 3.63) is 53.4 Å². The number of imidazole rings is 1. The maximum absolute atomic E-state index is 12.5. The van der Waals surface area contributed by atoms with Crippen molar-refractivity contribution in [3.8, 4) is 0 Å². The van der Waals surface area contributed by atoms with Gasteiger partial charge in [0.1, 0.15) is 5.69 Å². The largest absolute Gasteiger partial charge is 0.297 e. The number of carbonyl (C=O) groups is 1. The summed E-state index contributed by atoms with van der Waals surface area (Å²) in [6.45, 7) is 0. The molecule has 0 amide bonds. The molecule has 0 saturated carbocycles. The molecular weight excluding hydrogens is 284 g/mol. The summed E-state index contributed by atoms with van der Waals surface area (Å²) in [5.74, 6) is -0.00227. The molecule has 0 atom stereocenters. The van der Waals surface area contributed by atoms with Crippen LogP contribution in [-0.2, 0) is 13.5 Å². The Bertz CT molecular complexity index is 934. The zero-order chi connectivity index (χ0) is 14.4. The highest BCUT2D eigenvalue weighted by Crippen LogP contribution is 2.19. The number of aromatic nitrogens is 4. The third-order valence-electron chi connectivity index (χ3n) is 3.51. The van der Waals surface area contributed by atoms with Gasteiger partial charge in [-0.05, 0) is 6.07 Å². The fourth-order valence-electron chi connectivity index (χ4n) is 2.53. The lowest BCUT2D eigenvalue weighted by Gasteiger charge is -1.95. The molecule has 104 valence electrons. The SMILES string of the molecule is Cn1nc(C(=O)Cc2cn3ccsc3n2)c2ccccc21. The predicted molar refractivity (Wildman–Crippen MR) is 81.8 cm³/mol. The summed E-state index contributed by atoms with van der Waals surface area (Å²) < 4.78 is 3.68. The van der Waals surface area contributed by atoms with Gasteiger partial charge in [0.15, 0.2) is 10.7 Å². The maximum Gasteiger partial charge on any atom is 0.193 e. The Morgan fingerprint density at radius 2 is 2.19 bits per heavy atom. The summed E-state index contributed by atoms with van der Waals surface area (Å²) in [5.41, 5.74) is 2.26. The topological polar surface area (TPSA) is 52.2 Å². The van der Waals surface area contributed by atoms with Crippen molar-refractivity contribution in [2.24, 2.45) is 7.05 Å². The van der Waals surface area contributed by atoms with Gasteiger partial charge in [0, 0.05) is 30.2 Å². The number of hydrogen-bond acceptors (Lipinski definition) is 4. The van der Waals surface area contributed by atoms with Crippen molar-refractivity contribution in [1.82, 2.24) is 19.2 Å². The number of benzene rings is 1. The highest BCUT2D eigenvalue weighted by atomic mass is 32.1. The van der Waals surface area contributed by atoms with Crippen LogP contribution in [0.25, 0.3) is 15.9 Å². The van der Waals surface area contributed by atoms with Crippen molar-refractivity contribution in [1.29, 1.82) is 0 Å². The third-order valence-corrected chi connectivity index (χ3v) is 4.28. The fourth-order valence-corrected chi connectivity index (χ4v) is 3.25. The second-order valence-electron chi connectivity index (χ2n) is 4.91. The van der Waals surface area contributed by atoms with Crippen molar-refractivity contribution < 1.29 is 4.79 Å². The van der Waals surface area contributed by atoms with E-state index in [1.165, 1.54) is 0 Å². The van der Waals surface area contributed by atoms with Crippen molar-refractivity contribution in [2.45, 2.75) is 6.42 Å². The molecule has 0 spiro atoms. The van der Waals surface area contributed by atoms with Crippen LogP contribution in [0.15, 0.2) is 42.0 Å². The molecule has 0 aliphatic rings. The first kappa shape index (κ1) is 12.3. The van der Waals surface area contributed by atoms with Gasteiger partial charge in [-0.3, -0.25) is 13.9 Å². The molecule has 0 aliphatic heterocycles. The van der Waals surface area contributed by atoms with E-state index in [9.17, 15) is 4.79 Å². The van der Waals surface area contributed by atoms with E-state index in [1.54, 1.807) is 16.0 Å². The van der Waals surface area contributed by atoms with Gasteiger partial charge in [-0.15, -0.1) is 11.3 Å². The number of fused-ring (bicyclic) bond motifs is 2. The number of nitrogens with zero attached hydrogens (tertiary/aromatic N) is 4. The van der Waals surface area contributed by atoms with Crippen LogP contribution in [-0.4, -0.2) is 24.9 Å². The summed E-state index contributed by atoms with van der Waals surface area (Å²) >= 11 is 1.56. The number of para-hydroxylation sites is 1. The number of Topliss-reactive ketones (excluding diaryl/α,β-unsaturated/α-hetero) is 1. The smallest absolute Gasteiger partial charge is 0.193 e. The van der Waals surface area contributed by atoms with Crippen LogP contribution >= 0.6 is 11.3 Å². The fraction of sp³-hybridized carbons (Fsp3) is 0.133. The van der Waals surface area contributed by atoms with Crippen molar-refractivity contribution >= 4 is 33.0 Å². The Morgan fingerprint density at radius 1 is 1.33 bits per heavy atom. The van der Waals surface area contributed by atoms with Gasteiger partial charge in [0.05, 0.1) is 17.6 Å². The van der Waals surface area contributed by atoms with Gasteiger partial charge >= 0.3 is 0 Å². The Balaban J connectivity index is 1.71. The van der Waals surface area contributed by atoms with E-state index in [1.807, 2.05) is 53.5 Å². The molecule has 3 heterocycles. The van der Waals surface area contributed by atoms with Gasteiger partial charge in [-0.1, -0.05) is 18.2 Å². The first-order chi connectivity index (χ1) is 10.2. The number of carbonyl (C=O) groups excluding carboxylic acids is 1. The maximum atomic E-state index is 12.5. The number of aryl methyl sites for hydroxylation is 1.